The van der Waals surface area contributed by atoms with Gasteiger partial charge in [-0.15, -0.1) is 12.4 Å². The highest BCUT2D eigenvalue weighted by Crippen LogP contribution is 2.27. The van der Waals surface area contributed by atoms with E-state index in [-0.39, 0.29) is 18.4 Å². The number of hydrogen-bond acceptors (Lipinski definition) is 5. The van der Waals surface area contributed by atoms with Crippen LogP contribution in [0.1, 0.15) is 30.3 Å². The number of aromatic nitrogens is 2. The van der Waals surface area contributed by atoms with Gasteiger partial charge in [0.1, 0.15) is 5.75 Å². The Morgan fingerprint density at radius 1 is 1.04 bits per heavy atom. The monoisotopic (exact) mass is 359 g/mol. The van der Waals surface area contributed by atoms with E-state index in [0.717, 1.165) is 11.3 Å². The van der Waals surface area contributed by atoms with Crippen LogP contribution in [0.5, 0.6) is 5.75 Å². The Kier molecular flexibility index (Phi) is 6.98. The van der Waals surface area contributed by atoms with E-state index in [1.165, 1.54) is 0 Å². The fraction of sp³-hybridized carbons (Fsp3) is 0.263. The molecule has 3 rings (SSSR count). The quantitative estimate of drug-likeness (QED) is 0.695. The molecule has 6 heteroatoms. The molecule has 25 heavy (non-hydrogen) atoms. The molecule has 0 saturated heterocycles. The molecule has 1 heterocycles. The summed E-state index contributed by atoms with van der Waals surface area (Å²) in [6.07, 6.45) is 0.270. The molecule has 0 radical (unpaired) electrons. The van der Waals surface area contributed by atoms with E-state index in [9.17, 15) is 0 Å². The predicted molar refractivity (Wildman–Crippen MR) is 99.1 cm³/mol. The highest BCUT2D eigenvalue weighted by Gasteiger charge is 2.23. The summed E-state index contributed by atoms with van der Waals surface area (Å²) in [5.74, 6) is 1.89. The molecule has 2 atom stereocenters. The molecule has 0 fully saturated rings. The van der Waals surface area contributed by atoms with Crippen LogP contribution in [-0.4, -0.2) is 23.2 Å². The van der Waals surface area contributed by atoms with E-state index in [1.807, 2.05) is 67.7 Å². The van der Waals surface area contributed by atoms with Crippen LogP contribution in [0.2, 0.25) is 0 Å². The minimum Gasteiger partial charge on any atom is -0.476 e. The summed E-state index contributed by atoms with van der Waals surface area (Å²) < 4.78 is 11.6. The zero-order valence-electron chi connectivity index (χ0n) is 14.3. The molecular formula is C19H22ClN3O2. The topological polar surface area (TPSA) is 60.2 Å². The lowest BCUT2D eigenvalue weighted by molar-refractivity contribution is 0.193. The zero-order valence-corrected chi connectivity index (χ0v) is 15.1. The van der Waals surface area contributed by atoms with E-state index >= 15 is 0 Å². The lowest BCUT2D eigenvalue weighted by Crippen LogP contribution is -2.24. The van der Waals surface area contributed by atoms with Crippen LogP contribution in [-0.2, 0) is 6.42 Å². The smallest absolute Gasteiger partial charge is 0.272 e. The third-order valence-electron chi connectivity index (χ3n) is 3.79. The SMILES string of the molecule is CNC(C)Cc1noc(C(Oc2ccccc2)c2ccccc2)n1.Cl. The summed E-state index contributed by atoms with van der Waals surface area (Å²) in [6.45, 7) is 2.07. The lowest BCUT2D eigenvalue weighted by Gasteiger charge is -2.15. The first-order valence-electron chi connectivity index (χ1n) is 8.02. The number of nitrogens with zero attached hydrogens (tertiary/aromatic N) is 2. The molecule has 1 N–H and O–H groups in total. The minimum absolute atomic E-state index is 0. The van der Waals surface area contributed by atoms with Crippen LogP contribution < -0.4 is 10.1 Å². The van der Waals surface area contributed by atoms with Crippen molar-refractivity contribution in [2.24, 2.45) is 0 Å². The molecule has 132 valence electrons. The molecular weight excluding hydrogens is 338 g/mol. The molecule has 2 unspecified atom stereocenters. The van der Waals surface area contributed by atoms with E-state index in [4.69, 9.17) is 9.26 Å². The number of nitrogens with one attached hydrogen (secondary N) is 1. The largest absolute Gasteiger partial charge is 0.476 e. The molecule has 0 aliphatic heterocycles. The Labute approximate surface area is 153 Å². The van der Waals surface area contributed by atoms with Crippen molar-refractivity contribution in [3.63, 3.8) is 0 Å². The van der Waals surface area contributed by atoms with E-state index in [1.54, 1.807) is 0 Å². The van der Waals surface area contributed by atoms with Crippen LogP contribution in [0.25, 0.3) is 0 Å². The van der Waals surface area contributed by atoms with Gasteiger partial charge in [-0.2, -0.15) is 4.98 Å². The number of rotatable bonds is 7. The summed E-state index contributed by atoms with van der Waals surface area (Å²) >= 11 is 0. The van der Waals surface area contributed by atoms with Gasteiger partial charge in [0.2, 0.25) is 6.10 Å². The van der Waals surface area contributed by atoms with Crippen LogP contribution >= 0.6 is 12.4 Å². The molecule has 0 bridgehead atoms. The number of likely N-dealkylation sites (N-methyl/N-ethyl adjacent to an activating group) is 1. The molecule has 0 amide bonds. The molecule has 0 aliphatic rings. The Balaban J connectivity index is 0.00000225. The normalized spacial score (nSPS) is 12.9. The van der Waals surface area contributed by atoms with Crippen LogP contribution in [0.15, 0.2) is 65.2 Å². The van der Waals surface area contributed by atoms with Crippen molar-refractivity contribution < 1.29 is 9.26 Å². The summed E-state index contributed by atoms with van der Waals surface area (Å²) in [6, 6.07) is 19.8. The van der Waals surface area contributed by atoms with Crippen molar-refractivity contribution in [3.05, 3.63) is 77.9 Å². The van der Waals surface area contributed by atoms with E-state index in [0.29, 0.717) is 18.1 Å². The van der Waals surface area contributed by atoms with Gasteiger partial charge >= 0.3 is 0 Å². The van der Waals surface area contributed by atoms with Gasteiger partial charge in [-0.25, -0.2) is 0 Å². The maximum atomic E-state index is 6.12. The Morgan fingerprint density at radius 3 is 2.32 bits per heavy atom. The van der Waals surface area contributed by atoms with Crippen LogP contribution in [0, 0.1) is 0 Å². The van der Waals surface area contributed by atoms with Gasteiger partial charge in [0.15, 0.2) is 5.82 Å². The van der Waals surface area contributed by atoms with Gasteiger partial charge in [0.05, 0.1) is 0 Å². The molecule has 3 aromatic rings. The average Bonchev–Trinajstić information content (AvgIpc) is 3.09. The van der Waals surface area contributed by atoms with Crippen LogP contribution in [0.3, 0.4) is 0 Å². The summed E-state index contributed by atoms with van der Waals surface area (Å²) in [5, 5.41) is 7.26. The number of hydrogen-bond donors (Lipinski definition) is 1. The Hall–Kier alpha value is -2.37. The van der Waals surface area contributed by atoms with Gasteiger partial charge < -0.3 is 14.6 Å². The fourth-order valence-electron chi connectivity index (χ4n) is 2.36. The molecule has 2 aromatic carbocycles. The third kappa shape index (κ3) is 5.05. The standard InChI is InChI=1S/C19H21N3O2.ClH/c1-14(20-2)13-17-21-19(24-22-17)18(15-9-5-3-6-10-15)23-16-11-7-4-8-12-16;/h3-12,14,18,20H,13H2,1-2H3;1H. The minimum atomic E-state index is -0.431. The maximum Gasteiger partial charge on any atom is 0.272 e. The highest BCUT2D eigenvalue weighted by atomic mass is 35.5. The molecule has 0 aliphatic carbocycles. The van der Waals surface area contributed by atoms with Crippen molar-refractivity contribution in [2.45, 2.75) is 25.5 Å². The molecule has 0 spiro atoms. The van der Waals surface area contributed by atoms with Gasteiger partial charge in [-0.3, -0.25) is 0 Å². The first-order valence-corrected chi connectivity index (χ1v) is 8.02. The second-order valence-electron chi connectivity index (χ2n) is 5.66. The van der Waals surface area contributed by atoms with Crippen molar-refractivity contribution in [1.82, 2.24) is 15.5 Å². The summed E-state index contributed by atoms with van der Waals surface area (Å²) in [4.78, 5) is 4.53. The van der Waals surface area contributed by atoms with Crippen molar-refractivity contribution in [3.8, 4) is 5.75 Å². The first-order chi connectivity index (χ1) is 11.8. The van der Waals surface area contributed by atoms with Crippen molar-refractivity contribution >= 4 is 12.4 Å². The second-order valence-corrected chi connectivity index (χ2v) is 5.66. The fourth-order valence-corrected chi connectivity index (χ4v) is 2.36. The number of benzene rings is 2. The lowest BCUT2D eigenvalue weighted by atomic mass is 10.1. The average molecular weight is 360 g/mol. The molecule has 0 saturated carbocycles. The second kappa shape index (κ2) is 9.20. The Bertz CT molecular complexity index is 750. The summed E-state index contributed by atoms with van der Waals surface area (Å²) in [5.41, 5.74) is 0.971. The number of halogens is 1. The van der Waals surface area contributed by atoms with Crippen molar-refractivity contribution in [2.75, 3.05) is 7.05 Å². The van der Waals surface area contributed by atoms with Gasteiger partial charge in [0.25, 0.3) is 5.89 Å². The molecule has 5 nitrogen and oxygen atoms in total. The summed E-state index contributed by atoms with van der Waals surface area (Å²) in [7, 11) is 1.91. The van der Waals surface area contributed by atoms with Gasteiger partial charge in [-0.05, 0) is 26.1 Å². The third-order valence-corrected chi connectivity index (χ3v) is 3.79. The van der Waals surface area contributed by atoms with Gasteiger partial charge in [-0.1, -0.05) is 53.7 Å². The zero-order chi connectivity index (χ0) is 16.8. The Morgan fingerprint density at radius 2 is 1.68 bits per heavy atom. The van der Waals surface area contributed by atoms with Crippen LogP contribution in [0.4, 0.5) is 0 Å². The maximum absolute atomic E-state index is 6.12. The predicted octanol–water partition coefficient (Wildman–Crippen LogP) is 3.81. The van der Waals surface area contributed by atoms with Gasteiger partial charge in [0, 0.05) is 18.0 Å². The molecule has 1 aromatic heterocycles. The number of ether oxygens (including phenoxy) is 1. The highest BCUT2D eigenvalue weighted by molar-refractivity contribution is 5.85. The van der Waals surface area contributed by atoms with E-state index in [2.05, 4.69) is 22.4 Å². The van der Waals surface area contributed by atoms with E-state index < -0.39 is 6.10 Å². The first kappa shape index (κ1) is 19.0. The van der Waals surface area contributed by atoms with Crippen molar-refractivity contribution in [1.29, 1.82) is 0 Å². The number of para-hydroxylation sites is 1.